The highest BCUT2D eigenvalue weighted by Crippen LogP contribution is 2.39. The molecule has 1 fully saturated rings. The van der Waals surface area contributed by atoms with E-state index < -0.39 is 12.1 Å². The first-order chi connectivity index (χ1) is 8.88. The first-order valence-corrected chi connectivity index (χ1v) is 7.25. The predicted octanol–water partition coefficient (Wildman–Crippen LogP) is 5.29. The molecule has 0 spiro atoms. The maximum Gasteiger partial charge on any atom is 0.391 e. The van der Waals surface area contributed by atoms with E-state index in [-0.39, 0.29) is 18.9 Å². The second-order valence-electron chi connectivity index (χ2n) is 5.18. The van der Waals surface area contributed by atoms with E-state index >= 15 is 0 Å². The number of aryl methyl sites for hydroxylation is 1. The first kappa shape index (κ1) is 14.7. The van der Waals surface area contributed by atoms with Crippen LogP contribution in [0.5, 0.6) is 0 Å². The van der Waals surface area contributed by atoms with Crippen molar-refractivity contribution in [2.45, 2.75) is 44.8 Å². The van der Waals surface area contributed by atoms with Crippen molar-refractivity contribution in [2.24, 2.45) is 5.92 Å². The Morgan fingerprint density at radius 3 is 2.68 bits per heavy atom. The number of hydrogen-bond acceptors (Lipinski definition) is 1. The van der Waals surface area contributed by atoms with Crippen molar-refractivity contribution in [1.29, 1.82) is 0 Å². The quantitative estimate of drug-likeness (QED) is 0.774. The van der Waals surface area contributed by atoms with Crippen molar-refractivity contribution in [3.63, 3.8) is 0 Å². The highest BCUT2D eigenvalue weighted by Gasteiger charge is 2.42. The number of rotatable bonds is 2. The molecule has 2 unspecified atom stereocenters. The van der Waals surface area contributed by atoms with Gasteiger partial charge in [-0.2, -0.15) is 13.2 Å². The largest absolute Gasteiger partial charge is 0.391 e. The molecule has 1 aliphatic rings. The molecule has 1 N–H and O–H groups in total. The number of anilines is 1. The Morgan fingerprint density at radius 2 is 2.00 bits per heavy atom. The lowest BCUT2D eigenvalue weighted by atomic mass is 9.85. The second-order valence-corrected chi connectivity index (χ2v) is 5.98. The molecule has 0 aliphatic heterocycles. The fraction of sp³-hybridized carbons (Fsp3) is 0.571. The van der Waals surface area contributed by atoms with Crippen molar-refractivity contribution in [3.8, 4) is 0 Å². The number of alkyl halides is 3. The zero-order chi connectivity index (χ0) is 14.0. The molecule has 0 heterocycles. The Kier molecular flexibility index (Phi) is 4.43. The fourth-order valence-electron chi connectivity index (χ4n) is 2.60. The van der Waals surface area contributed by atoms with Gasteiger partial charge in [0.15, 0.2) is 0 Å². The van der Waals surface area contributed by atoms with Crippen molar-refractivity contribution in [2.75, 3.05) is 5.32 Å². The predicted molar refractivity (Wildman–Crippen MR) is 74.3 cm³/mol. The van der Waals surface area contributed by atoms with Crippen LogP contribution in [0.25, 0.3) is 0 Å². The van der Waals surface area contributed by atoms with Crippen LogP contribution in [0.15, 0.2) is 22.7 Å². The summed E-state index contributed by atoms with van der Waals surface area (Å²) in [5, 5.41) is 3.25. The summed E-state index contributed by atoms with van der Waals surface area (Å²) in [5.74, 6) is -1.16. The molecule has 0 saturated heterocycles. The zero-order valence-corrected chi connectivity index (χ0v) is 12.3. The first-order valence-electron chi connectivity index (χ1n) is 6.46. The summed E-state index contributed by atoms with van der Waals surface area (Å²) in [4.78, 5) is 0. The van der Waals surface area contributed by atoms with Crippen LogP contribution >= 0.6 is 15.9 Å². The topological polar surface area (TPSA) is 12.0 Å². The highest BCUT2D eigenvalue weighted by atomic mass is 79.9. The van der Waals surface area contributed by atoms with Gasteiger partial charge in [0.25, 0.3) is 0 Å². The Bertz CT molecular complexity index is 445. The second kappa shape index (κ2) is 5.73. The smallest absolute Gasteiger partial charge is 0.381 e. The van der Waals surface area contributed by atoms with Gasteiger partial charge >= 0.3 is 6.18 Å². The maximum atomic E-state index is 12.8. The molecule has 1 saturated carbocycles. The van der Waals surface area contributed by atoms with Crippen LogP contribution < -0.4 is 5.32 Å². The van der Waals surface area contributed by atoms with Crippen LogP contribution in [0.1, 0.15) is 31.2 Å². The van der Waals surface area contributed by atoms with Gasteiger partial charge in [-0.25, -0.2) is 0 Å². The minimum Gasteiger partial charge on any atom is -0.381 e. The summed E-state index contributed by atoms with van der Waals surface area (Å²) < 4.78 is 39.2. The Labute approximate surface area is 119 Å². The molecule has 0 radical (unpaired) electrons. The third-order valence-electron chi connectivity index (χ3n) is 3.69. The molecule has 1 aromatic rings. The SMILES string of the molecule is Cc1cccc(NC2CCCC(C(F)(F)F)C2)c1Br. The number of benzene rings is 1. The lowest BCUT2D eigenvalue weighted by Gasteiger charge is -2.32. The van der Waals surface area contributed by atoms with Crippen LogP contribution in [-0.4, -0.2) is 12.2 Å². The highest BCUT2D eigenvalue weighted by molar-refractivity contribution is 9.10. The fourth-order valence-corrected chi connectivity index (χ4v) is 2.98. The maximum absolute atomic E-state index is 12.8. The molecular formula is C14H17BrF3N. The molecule has 106 valence electrons. The summed E-state index contributed by atoms with van der Waals surface area (Å²) >= 11 is 3.48. The Balaban J connectivity index is 2.05. The molecule has 2 atom stereocenters. The molecule has 1 nitrogen and oxygen atoms in total. The average Bonchev–Trinajstić information content (AvgIpc) is 2.34. The lowest BCUT2D eigenvalue weighted by Crippen LogP contribution is -2.34. The number of hydrogen-bond donors (Lipinski definition) is 1. The van der Waals surface area contributed by atoms with E-state index in [4.69, 9.17) is 0 Å². The van der Waals surface area contributed by atoms with Crippen LogP contribution in [0.4, 0.5) is 18.9 Å². The van der Waals surface area contributed by atoms with Crippen LogP contribution in [0.2, 0.25) is 0 Å². The van der Waals surface area contributed by atoms with Crippen molar-refractivity contribution < 1.29 is 13.2 Å². The zero-order valence-electron chi connectivity index (χ0n) is 10.7. The molecule has 19 heavy (non-hydrogen) atoms. The Hall–Kier alpha value is -0.710. The minimum atomic E-state index is -4.07. The van der Waals surface area contributed by atoms with E-state index in [1.165, 1.54) is 0 Å². The van der Waals surface area contributed by atoms with E-state index in [0.29, 0.717) is 6.42 Å². The van der Waals surface area contributed by atoms with Crippen molar-refractivity contribution in [1.82, 2.24) is 0 Å². The Morgan fingerprint density at radius 1 is 1.26 bits per heavy atom. The van der Waals surface area contributed by atoms with Gasteiger partial charge in [0.1, 0.15) is 0 Å². The molecule has 1 aromatic carbocycles. The summed E-state index contributed by atoms with van der Waals surface area (Å²) in [6, 6.07) is 5.67. The van der Waals surface area contributed by atoms with Gasteiger partial charge in [-0.15, -0.1) is 0 Å². The van der Waals surface area contributed by atoms with Crippen LogP contribution in [0, 0.1) is 12.8 Å². The minimum absolute atomic E-state index is 0.0986. The molecule has 1 aliphatic carbocycles. The summed E-state index contributed by atoms with van der Waals surface area (Å²) in [6.45, 7) is 1.97. The van der Waals surface area contributed by atoms with E-state index in [1.54, 1.807) is 0 Å². The van der Waals surface area contributed by atoms with Gasteiger partial charge in [-0.05, 0) is 53.7 Å². The van der Waals surface area contributed by atoms with E-state index in [0.717, 1.165) is 22.1 Å². The summed E-state index contributed by atoms with van der Waals surface area (Å²) in [5.41, 5.74) is 1.96. The summed E-state index contributed by atoms with van der Waals surface area (Å²) in [6.07, 6.45) is -2.21. The third-order valence-corrected chi connectivity index (χ3v) is 4.74. The van der Waals surface area contributed by atoms with Gasteiger partial charge in [0.05, 0.1) is 5.92 Å². The van der Waals surface area contributed by atoms with Gasteiger partial charge in [-0.1, -0.05) is 18.6 Å². The van der Waals surface area contributed by atoms with Gasteiger partial charge in [-0.3, -0.25) is 0 Å². The molecule has 0 amide bonds. The van der Waals surface area contributed by atoms with Gasteiger partial charge in [0.2, 0.25) is 0 Å². The molecule has 0 aromatic heterocycles. The third kappa shape index (κ3) is 3.65. The number of halogens is 4. The van der Waals surface area contributed by atoms with Crippen molar-refractivity contribution in [3.05, 3.63) is 28.2 Å². The van der Waals surface area contributed by atoms with Gasteiger partial charge < -0.3 is 5.32 Å². The van der Waals surface area contributed by atoms with Crippen molar-refractivity contribution >= 4 is 21.6 Å². The molecule has 2 rings (SSSR count). The average molecular weight is 336 g/mol. The normalized spacial score (nSPS) is 24.3. The molecular weight excluding hydrogens is 319 g/mol. The van der Waals surface area contributed by atoms with E-state index in [9.17, 15) is 13.2 Å². The summed E-state index contributed by atoms with van der Waals surface area (Å²) in [7, 11) is 0. The standard InChI is InChI=1S/C14H17BrF3N/c1-9-4-2-7-12(13(9)15)19-11-6-3-5-10(8-11)14(16,17)18/h2,4,7,10-11,19H,3,5-6,8H2,1H3. The molecule has 0 bridgehead atoms. The molecule has 5 heteroatoms. The van der Waals surface area contributed by atoms with E-state index in [2.05, 4.69) is 21.2 Å². The monoisotopic (exact) mass is 335 g/mol. The van der Waals surface area contributed by atoms with Gasteiger partial charge in [0, 0.05) is 16.2 Å². The van der Waals surface area contributed by atoms with E-state index in [1.807, 2.05) is 25.1 Å². The van der Waals surface area contributed by atoms with Crippen LogP contribution in [0.3, 0.4) is 0 Å². The van der Waals surface area contributed by atoms with Crippen LogP contribution in [-0.2, 0) is 0 Å². The number of nitrogens with one attached hydrogen (secondary N) is 1. The lowest BCUT2D eigenvalue weighted by molar-refractivity contribution is -0.182.